The van der Waals surface area contributed by atoms with Crippen molar-refractivity contribution < 1.29 is 24.2 Å². The summed E-state index contributed by atoms with van der Waals surface area (Å²) in [5.74, 6) is -1.40. The average molecular weight is 508 g/mol. The lowest BCUT2D eigenvalue weighted by atomic mass is 9.44. The summed E-state index contributed by atoms with van der Waals surface area (Å²) in [7, 11) is 0. The van der Waals surface area contributed by atoms with Crippen LogP contribution in [0, 0.1) is 28.6 Å². The van der Waals surface area contributed by atoms with Crippen molar-refractivity contribution in [2.45, 2.75) is 74.3 Å². The molecule has 0 aromatic carbocycles. The maximum absolute atomic E-state index is 17.3. The Kier molecular flexibility index (Phi) is 5.10. The molecule has 34 heavy (non-hydrogen) atoms. The number of amides is 1. The highest BCUT2D eigenvalue weighted by Gasteiger charge is 2.76. The summed E-state index contributed by atoms with van der Waals surface area (Å²) < 4.78 is 17.3. The fourth-order valence-corrected chi connectivity index (χ4v) is 12.0. The van der Waals surface area contributed by atoms with Crippen LogP contribution in [-0.4, -0.2) is 72.9 Å². The summed E-state index contributed by atoms with van der Waals surface area (Å²) in [5.41, 5.74) is -4.78. The van der Waals surface area contributed by atoms with Crippen molar-refractivity contribution in [3.05, 3.63) is 23.8 Å². The molecule has 0 spiro atoms. The van der Waals surface area contributed by atoms with Gasteiger partial charge in [0.05, 0.1) is 6.10 Å². The highest BCUT2D eigenvalue weighted by molar-refractivity contribution is 8.19. The molecule has 6 aliphatic rings. The minimum Gasteiger partial charge on any atom is -0.390 e. The molecule has 6 rings (SSSR count). The zero-order chi connectivity index (χ0) is 24.3. The Morgan fingerprint density at radius 3 is 2.56 bits per heavy atom. The molecular weight excluding hydrogens is 473 g/mol. The molecule has 2 N–H and O–H groups in total. The second-order valence-corrected chi connectivity index (χ2v) is 14.7. The van der Waals surface area contributed by atoms with Crippen molar-refractivity contribution in [2.24, 2.45) is 28.6 Å². The van der Waals surface area contributed by atoms with Crippen LogP contribution in [0.25, 0.3) is 0 Å². The van der Waals surface area contributed by atoms with Crippen LogP contribution in [0.4, 0.5) is 4.39 Å². The zero-order valence-electron chi connectivity index (χ0n) is 20.0. The van der Waals surface area contributed by atoms with E-state index in [4.69, 9.17) is 0 Å². The number of hydrogen-bond acceptors (Lipinski definition) is 6. The molecule has 186 valence electrons. The Morgan fingerprint density at radius 2 is 1.88 bits per heavy atom. The van der Waals surface area contributed by atoms with Crippen molar-refractivity contribution in [3.8, 4) is 0 Å². The van der Waals surface area contributed by atoms with Crippen molar-refractivity contribution in [1.29, 1.82) is 0 Å². The third-order valence-corrected chi connectivity index (χ3v) is 13.7. The van der Waals surface area contributed by atoms with Gasteiger partial charge in [0.15, 0.2) is 17.1 Å². The van der Waals surface area contributed by atoms with Crippen LogP contribution in [0.1, 0.15) is 46.5 Å². The Labute approximate surface area is 209 Å². The predicted octanol–water partition coefficient (Wildman–Crippen LogP) is 3.35. The number of likely N-dealkylation sites (tertiary alicyclic amines) is 1. The van der Waals surface area contributed by atoms with E-state index < -0.39 is 34.1 Å². The van der Waals surface area contributed by atoms with E-state index in [0.29, 0.717) is 42.9 Å². The molecule has 2 saturated heterocycles. The van der Waals surface area contributed by atoms with E-state index in [1.165, 1.54) is 12.2 Å². The summed E-state index contributed by atoms with van der Waals surface area (Å²) in [4.78, 5) is 27.8. The normalized spacial score (nSPS) is 53.8. The van der Waals surface area contributed by atoms with Crippen LogP contribution in [0.2, 0.25) is 0 Å². The lowest BCUT2D eigenvalue weighted by molar-refractivity contribution is -0.222. The van der Waals surface area contributed by atoms with E-state index >= 15 is 4.39 Å². The van der Waals surface area contributed by atoms with Crippen molar-refractivity contribution in [3.63, 3.8) is 0 Å². The van der Waals surface area contributed by atoms with E-state index in [9.17, 15) is 19.8 Å². The van der Waals surface area contributed by atoms with Gasteiger partial charge in [-0.15, -0.1) is 23.5 Å². The summed E-state index contributed by atoms with van der Waals surface area (Å²) in [6.07, 6.45) is 4.97. The van der Waals surface area contributed by atoms with Gasteiger partial charge in [-0.1, -0.05) is 25.5 Å². The van der Waals surface area contributed by atoms with Crippen LogP contribution >= 0.6 is 23.5 Å². The van der Waals surface area contributed by atoms with Crippen LogP contribution in [0.15, 0.2) is 23.8 Å². The van der Waals surface area contributed by atoms with Gasteiger partial charge in [-0.2, -0.15) is 0 Å². The minimum absolute atomic E-state index is 0.0338. The molecule has 10 unspecified atom stereocenters. The van der Waals surface area contributed by atoms with Gasteiger partial charge >= 0.3 is 0 Å². The minimum atomic E-state index is -1.94. The molecule has 5 nitrogen and oxygen atoms in total. The van der Waals surface area contributed by atoms with Crippen LogP contribution in [0.3, 0.4) is 0 Å². The zero-order valence-corrected chi connectivity index (χ0v) is 21.6. The first-order valence-electron chi connectivity index (χ1n) is 12.5. The number of alkyl halides is 1. The SMILES string of the molecule is CC1CC2C3CCC4=CC(=O)C=CC4(C)C3(F)C(O)CC2(C)C1(O)C(=O)N1CC2SCSC2C1. The number of nitrogens with zero attached hydrogens (tertiary/aromatic N) is 1. The average Bonchev–Trinajstić information content (AvgIpc) is 3.44. The summed E-state index contributed by atoms with van der Waals surface area (Å²) in [5, 5.41) is 25.6. The summed E-state index contributed by atoms with van der Waals surface area (Å²) >= 11 is 3.77. The largest absolute Gasteiger partial charge is 0.390 e. The van der Waals surface area contributed by atoms with Gasteiger partial charge in [0, 0.05) is 45.4 Å². The molecule has 3 saturated carbocycles. The standard InChI is InChI=1S/C26H34FNO4S2/c1-14-8-18-17-5-4-15-9-16(29)6-7-23(15,2)25(17,27)21(30)10-24(18,3)26(14,32)22(31)28-11-19-20(12-28)34-13-33-19/h6-7,9,14,17-21,30,32H,4-5,8,10-13H2,1-3H3. The van der Waals surface area contributed by atoms with Gasteiger partial charge < -0.3 is 15.1 Å². The summed E-state index contributed by atoms with van der Waals surface area (Å²) in [6, 6.07) is 0. The van der Waals surface area contributed by atoms with Crippen LogP contribution in [0.5, 0.6) is 0 Å². The molecule has 4 aliphatic carbocycles. The van der Waals surface area contributed by atoms with Gasteiger partial charge in [-0.25, -0.2) is 4.39 Å². The van der Waals surface area contributed by atoms with E-state index in [0.717, 1.165) is 10.7 Å². The lowest BCUT2D eigenvalue weighted by Gasteiger charge is -2.62. The molecule has 0 aromatic heterocycles. The number of fused-ring (bicyclic) bond motifs is 6. The first-order valence-corrected chi connectivity index (χ1v) is 14.6. The molecule has 5 fully saturated rings. The van der Waals surface area contributed by atoms with Gasteiger partial charge in [0.1, 0.15) is 0 Å². The number of thioether (sulfide) groups is 2. The van der Waals surface area contributed by atoms with E-state index in [1.807, 2.05) is 42.3 Å². The number of aliphatic hydroxyl groups excluding tert-OH is 1. The molecular formula is C26H34FNO4S2. The Bertz CT molecular complexity index is 1010. The molecule has 1 amide bonds. The molecule has 10 atom stereocenters. The van der Waals surface area contributed by atoms with E-state index in [1.54, 1.807) is 13.0 Å². The molecule has 0 radical (unpaired) electrons. The van der Waals surface area contributed by atoms with Crippen molar-refractivity contribution in [1.82, 2.24) is 4.90 Å². The monoisotopic (exact) mass is 507 g/mol. The van der Waals surface area contributed by atoms with E-state index in [2.05, 4.69) is 0 Å². The molecule has 2 heterocycles. The first kappa shape index (κ1) is 23.6. The number of carbonyl (C=O) groups is 2. The number of carbonyl (C=O) groups excluding carboxylic acids is 2. The number of ketones is 1. The number of aliphatic hydroxyl groups is 2. The Balaban J connectivity index is 1.37. The second-order valence-electron chi connectivity index (χ2n) is 11.9. The molecule has 0 aromatic rings. The van der Waals surface area contributed by atoms with Gasteiger partial charge in [-0.05, 0) is 56.6 Å². The molecule has 2 aliphatic heterocycles. The van der Waals surface area contributed by atoms with Gasteiger partial charge in [0.25, 0.3) is 5.91 Å². The number of allylic oxidation sites excluding steroid dienone is 4. The second kappa shape index (κ2) is 7.36. The number of rotatable bonds is 1. The topological polar surface area (TPSA) is 77.8 Å². The first-order chi connectivity index (χ1) is 16.0. The van der Waals surface area contributed by atoms with Crippen molar-refractivity contribution in [2.75, 3.05) is 18.2 Å². The van der Waals surface area contributed by atoms with Crippen molar-refractivity contribution >= 4 is 35.2 Å². The Hall–Kier alpha value is -0.830. The smallest absolute Gasteiger partial charge is 0.255 e. The Morgan fingerprint density at radius 1 is 1.21 bits per heavy atom. The van der Waals surface area contributed by atoms with Gasteiger partial charge in [-0.3, -0.25) is 9.59 Å². The quantitative estimate of drug-likeness (QED) is 0.567. The highest BCUT2D eigenvalue weighted by atomic mass is 32.2. The maximum atomic E-state index is 17.3. The number of halogens is 1. The number of hydrogen-bond donors (Lipinski definition) is 2. The fraction of sp³-hybridized carbons (Fsp3) is 0.769. The highest BCUT2D eigenvalue weighted by Crippen LogP contribution is 2.70. The van der Waals surface area contributed by atoms with Crippen LogP contribution < -0.4 is 0 Å². The van der Waals surface area contributed by atoms with Crippen LogP contribution in [-0.2, 0) is 9.59 Å². The summed E-state index contributed by atoms with van der Waals surface area (Å²) in [6.45, 7) is 6.94. The third kappa shape index (κ3) is 2.67. The maximum Gasteiger partial charge on any atom is 0.255 e. The lowest BCUT2D eigenvalue weighted by Crippen LogP contribution is -2.70. The van der Waals surface area contributed by atoms with E-state index in [-0.39, 0.29) is 29.9 Å². The van der Waals surface area contributed by atoms with Gasteiger partial charge in [0.2, 0.25) is 0 Å². The fourth-order valence-electron chi connectivity index (χ4n) is 8.69. The molecule has 8 heteroatoms. The third-order valence-electron chi connectivity index (χ3n) is 10.6. The predicted molar refractivity (Wildman–Crippen MR) is 132 cm³/mol. The molecule has 0 bridgehead atoms.